The van der Waals surface area contributed by atoms with Crippen LogP contribution in [0.4, 0.5) is 0 Å². The van der Waals surface area contributed by atoms with Crippen LogP contribution in [0.2, 0.25) is 0 Å². The minimum absolute atomic E-state index is 0.159. The third kappa shape index (κ3) is 4.99. The summed E-state index contributed by atoms with van der Waals surface area (Å²) in [6, 6.07) is 8.33. The molecule has 3 heteroatoms. The van der Waals surface area contributed by atoms with Crippen LogP contribution < -0.4 is 4.74 Å². The summed E-state index contributed by atoms with van der Waals surface area (Å²) in [5, 5.41) is 0. The first kappa shape index (κ1) is 20.1. The van der Waals surface area contributed by atoms with E-state index in [1.807, 2.05) is 32.3 Å². The van der Waals surface area contributed by atoms with Crippen molar-refractivity contribution in [2.75, 3.05) is 27.2 Å². The summed E-state index contributed by atoms with van der Waals surface area (Å²) < 4.78 is 5.84. The van der Waals surface area contributed by atoms with Crippen LogP contribution in [0, 0.1) is 5.92 Å². The number of carbonyl (C=O) groups is 1. The summed E-state index contributed by atoms with van der Waals surface area (Å²) in [6.45, 7) is 3.76. The maximum Gasteiger partial charge on any atom is 0.159 e. The van der Waals surface area contributed by atoms with E-state index >= 15 is 0 Å². The Morgan fingerprint density at radius 2 is 1.82 bits per heavy atom. The number of benzene rings is 1. The molecular weight excluding hydrogens is 346 g/mol. The topological polar surface area (TPSA) is 29.5 Å². The SMILES string of the molecule is CC/C(=C(/C1=CCC(=O)C=C1)c1ccc(OCCN(C)C)cc1)C1C=CC=C1. The fourth-order valence-electron chi connectivity index (χ4n) is 3.56. The highest BCUT2D eigenvalue weighted by Crippen LogP contribution is 2.37. The van der Waals surface area contributed by atoms with E-state index in [1.54, 1.807) is 6.08 Å². The molecule has 3 nitrogen and oxygen atoms in total. The summed E-state index contributed by atoms with van der Waals surface area (Å²) in [7, 11) is 4.08. The minimum atomic E-state index is 0.159. The molecule has 2 aliphatic carbocycles. The molecule has 3 rings (SSSR count). The van der Waals surface area contributed by atoms with Crippen LogP contribution >= 0.6 is 0 Å². The molecule has 2 aliphatic rings. The van der Waals surface area contributed by atoms with Crippen molar-refractivity contribution in [1.29, 1.82) is 0 Å². The molecule has 0 radical (unpaired) electrons. The van der Waals surface area contributed by atoms with E-state index in [-0.39, 0.29) is 5.78 Å². The molecule has 0 heterocycles. The van der Waals surface area contributed by atoms with Crippen LogP contribution in [-0.2, 0) is 4.79 Å². The molecule has 0 amide bonds. The van der Waals surface area contributed by atoms with Gasteiger partial charge in [0.2, 0.25) is 0 Å². The molecule has 0 spiro atoms. The molecule has 0 N–H and O–H groups in total. The fourth-order valence-corrected chi connectivity index (χ4v) is 3.56. The van der Waals surface area contributed by atoms with E-state index in [0.29, 0.717) is 18.9 Å². The molecule has 0 unspecified atom stereocenters. The van der Waals surface area contributed by atoms with E-state index in [4.69, 9.17) is 4.74 Å². The van der Waals surface area contributed by atoms with Crippen molar-refractivity contribution < 1.29 is 9.53 Å². The van der Waals surface area contributed by atoms with Gasteiger partial charge in [0.25, 0.3) is 0 Å². The number of ketones is 1. The monoisotopic (exact) mass is 375 g/mol. The lowest BCUT2D eigenvalue weighted by Crippen LogP contribution is -2.19. The second-order valence-electron chi connectivity index (χ2n) is 7.39. The first-order valence-electron chi connectivity index (χ1n) is 9.96. The van der Waals surface area contributed by atoms with Gasteiger partial charge in [-0.3, -0.25) is 4.79 Å². The zero-order valence-corrected chi connectivity index (χ0v) is 17.0. The quantitative estimate of drug-likeness (QED) is 0.641. The van der Waals surface area contributed by atoms with Crippen LogP contribution in [0.5, 0.6) is 5.75 Å². The zero-order valence-electron chi connectivity index (χ0n) is 17.0. The van der Waals surface area contributed by atoms with Gasteiger partial charge in [-0.05, 0) is 55.4 Å². The smallest absolute Gasteiger partial charge is 0.159 e. The third-order valence-electron chi connectivity index (χ3n) is 5.06. The van der Waals surface area contributed by atoms with Gasteiger partial charge in [-0.15, -0.1) is 0 Å². The van der Waals surface area contributed by atoms with E-state index in [0.717, 1.165) is 29.9 Å². The average molecular weight is 376 g/mol. The molecule has 0 atom stereocenters. The lowest BCUT2D eigenvalue weighted by atomic mass is 9.84. The maximum absolute atomic E-state index is 11.7. The summed E-state index contributed by atoms with van der Waals surface area (Å²) in [4.78, 5) is 13.8. The number of hydrogen-bond acceptors (Lipinski definition) is 3. The summed E-state index contributed by atoms with van der Waals surface area (Å²) in [6.07, 6.45) is 15.8. The summed E-state index contributed by atoms with van der Waals surface area (Å²) in [5.41, 5.74) is 4.89. The van der Waals surface area contributed by atoms with Crippen molar-refractivity contribution in [3.8, 4) is 5.75 Å². The predicted molar refractivity (Wildman–Crippen MR) is 116 cm³/mol. The summed E-state index contributed by atoms with van der Waals surface area (Å²) >= 11 is 0. The molecular formula is C25H29NO2. The van der Waals surface area contributed by atoms with Gasteiger partial charge in [-0.2, -0.15) is 0 Å². The Morgan fingerprint density at radius 3 is 2.39 bits per heavy atom. The van der Waals surface area contributed by atoms with Crippen molar-refractivity contribution in [2.24, 2.45) is 5.92 Å². The molecule has 0 saturated heterocycles. The molecule has 28 heavy (non-hydrogen) atoms. The molecule has 0 bridgehead atoms. The van der Waals surface area contributed by atoms with Crippen molar-refractivity contribution >= 4 is 11.4 Å². The highest BCUT2D eigenvalue weighted by atomic mass is 16.5. The largest absolute Gasteiger partial charge is 0.492 e. The number of nitrogens with zero attached hydrogens (tertiary/aromatic N) is 1. The third-order valence-corrected chi connectivity index (χ3v) is 5.06. The van der Waals surface area contributed by atoms with Crippen LogP contribution in [0.15, 0.2) is 77.9 Å². The van der Waals surface area contributed by atoms with Gasteiger partial charge in [0.05, 0.1) is 0 Å². The lowest BCUT2D eigenvalue weighted by molar-refractivity contribution is -0.113. The van der Waals surface area contributed by atoms with Gasteiger partial charge < -0.3 is 9.64 Å². The average Bonchev–Trinajstić information content (AvgIpc) is 3.22. The highest BCUT2D eigenvalue weighted by Gasteiger charge is 2.19. The Labute approximate surface area is 168 Å². The Hall–Kier alpha value is -2.65. The number of ether oxygens (including phenoxy) is 1. The molecule has 0 fully saturated rings. The molecule has 146 valence electrons. The predicted octanol–water partition coefficient (Wildman–Crippen LogP) is 4.99. The Morgan fingerprint density at radius 1 is 1.11 bits per heavy atom. The molecule has 1 aromatic rings. The number of carbonyl (C=O) groups excluding carboxylic acids is 1. The molecule has 0 aromatic heterocycles. The number of rotatable bonds is 8. The van der Waals surface area contributed by atoms with Gasteiger partial charge in [0, 0.05) is 18.9 Å². The Kier molecular flexibility index (Phi) is 6.83. The first-order valence-corrected chi connectivity index (χ1v) is 9.96. The zero-order chi connectivity index (χ0) is 19.9. The number of allylic oxidation sites excluding steroid dienone is 10. The minimum Gasteiger partial charge on any atom is -0.492 e. The molecule has 0 aliphatic heterocycles. The van der Waals surface area contributed by atoms with Crippen LogP contribution in [0.25, 0.3) is 5.57 Å². The van der Waals surface area contributed by atoms with Crippen molar-refractivity contribution in [1.82, 2.24) is 4.90 Å². The number of likely N-dealkylation sites (N-methyl/N-ethyl adjacent to an activating group) is 1. The van der Waals surface area contributed by atoms with Crippen molar-refractivity contribution in [2.45, 2.75) is 19.8 Å². The van der Waals surface area contributed by atoms with Crippen LogP contribution in [0.1, 0.15) is 25.3 Å². The second-order valence-corrected chi connectivity index (χ2v) is 7.39. The molecule has 1 aromatic carbocycles. The van der Waals surface area contributed by atoms with Gasteiger partial charge in [0.1, 0.15) is 12.4 Å². The second kappa shape index (κ2) is 9.52. The fraction of sp³-hybridized carbons (Fsp3) is 0.320. The Bertz CT molecular complexity index is 839. The van der Waals surface area contributed by atoms with Crippen LogP contribution in [0.3, 0.4) is 0 Å². The standard InChI is InChI=1S/C25H29NO2/c1-4-24(19-7-5-6-8-19)25(20-9-13-22(27)14-10-20)21-11-15-23(16-12-21)28-18-17-26(2)3/h5-13,15-16,19H,4,14,17-18H2,1-3H3/b25-24+. The Balaban J connectivity index is 1.93. The van der Waals surface area contributed by atoms with Gasteiger partial charge in [0.15, 0.2) is 5.78 Å². The van der Waals surface area contributed by atoms with Crippen molar-refractivity contribution in [3.63, 3.8) is 0 Å². The highest BCUT2D eigenvalue weighted by molar-refractivity contribution is 5.96. The molecule has 0 saturated carbocycles. The van der Waals surface area contributed by atoms with Gasteiger partial charge in [-0.25, -0.2) is 0 Å². The van der Waals surface area contributed by atoms with E-state index in [2.05, 4.69) is 54.3 Å². The lowest BCUT2D eigenvalue weighted by Gasteiger charge is -2.21. The van der Waals surface area contributed by atoms with E-state index < -0.39 is 0 Å². The maximum atomic E-state index is 11.7. The summed E-state index contributed by atoms with van der Waals surface area (Å²) in [5.74, 6) is 1.35. The first-order chi connectivity index (χ1) is 13.6. The van der Waals surface area contributed by atoms with E-state index in [9.17, 15) is 4.79 Å². The normalized spacial score (nSPS) is 17.3. The number of hydrogen-bond donors (Lipinski definition) is 0. The van der Waals surface area contributed by atoms with Crippen molar-refractivity contribution in [3.05, 3.63) is 83.5 Å². The van der Waals surface area contributed by atoms with Gasteiger partial charge >= 0.3 is 0 Å². The van der Waals surface area contributed by atoms with E-state index in [1.165, 1.54) is 11.1 Å². The van der Waals surface area contributed by atoms with Crippen LogP contribution in [-0.4, -0.2) is 37.9 Å². The van der Waals surface area contributed by atoms with Gasteiger partial charge in [-0.1, -0.05) is 61.1 Å².